The van der Waals surface area contributed by atoms with E-state index in [2.05, 4.69) is 54.8 Å². The Hall–Kier alpha value is -3.38. The summed E-state index contributed by atoms with van der Waals surface area (Å²) in [5, 5.41) is 18.9. The minimum atomic E-state index is -4.75. The maximum Gasteiger partial charge on any atom is 0.472 e. The number of hydrogen-bond donors (Lipinski definition) is 4. The molecule has 0 amide bonds. The number of esters is 2. The number of ether oxygens (including phenoxy) is 2. The Bertz CT molecular complexity index is 1300. The average molecular weight is 822 g/mol. The number of phosphoric acid groups is 1. The van der Waals surface area contributed by atoms with Gasteiger partial charge >= 0.3 is 25.7 Å². The highest BCUT2D eigenvalue weighted by molar-refractivity contribution is 7.47. The number of nitrogens with two attached hydrogens (primary N) is 1. The van der Waals surface area contributed by atoms with E-state index in [0.717, 1.165) is 57.8 Å². The molecule has 0 bridgehead atoms. The van der Waals surface area contributed by atoms with Crippen LogP contribution in [0.5, 0.6) is 0 Å². The first-order valence-electron chi connectivity index (χ1n) is 20.7. The van der Waals surface area contributed by atoms with Crippen molar-refractivity contribution in [1.82, 2.24) is 0 Å². The summed E-state index contributed by atoms with van der Waals surface area (Å²) in [6.45, 7) is 2.48. The van der Waals surface area contributed by atoms with Gasteiger partial charge in [0.05, 0.1) is 19.3 Å². The second kappa shape index (κ2) is 38.2. The van der Waals surface area contributed by atoms with Crippen molar-refractivity contribution in [2.45, 2.75) is 154 Å². The van der Waals surface area contributed by atoms with Crippen LogP contribution in [0.1, 0.15) is 136 Å². The molecule has 12 nitrogen and oxygen atoms in total. The molecule has 2 unspecified atom stereocenters. The normalized spacial score (nSPS) is 15.2. The maximum atomic E-state index is 12.6. The lowest BCUT2D eigenvalue weighted by atomic mass is 10.1. The number of carboxylic acid groups (broad SMARTS) is 1. The molecule has 0 aromatic carbocycles. The van der Waals surface area contributed by atoms with Crippen LogP contribution < -0.4 is 5.73 Å². The number of aliphatic hydroxyl groups is 1. The fourth-order valence-corrected chi connectivity index (χ4v) is 5.70. The van der Waals surface area contributed by atoms with Gasteiger partial charge in [-0.1, -0.05) is 131 Å². The van der Waals surface area contributed by atoms with Crippen molar-refractivity contribution in [3.8, 4) is 0 Å². The smallest absolute Gasteiger partial charge is 0.472 e. The fourth-order valence-electron chi connectivity index (χ4n) is 4.92. The largest absolute Gasteiger partial charge is 0.480 e. The van der Waals surface area contributed by atoms with Gasteiger partial charge in [-0.2, -0.15) is 0 Å². The van der Waals surface area contributed by atoms with Crippen LogP contribution >= 0.6 is 7.82 Å². The quantitative estimate of drug-likeness (QED) is 0.0153. The SMILES string of the molecule is CC/C=C\C/C=C\CC(O)/C=C/C=C\C/C=C\CCCC(=O)OC[C@H](COP(=O)(O)OC[C@H](N)C(=O)O)OC(=O)CCCCCCC/C=C\C/C=C\CCCCC. The molecule has 5 N–H and O–H groups in total. The molecule has 0 heterocycles. The van der Waals surface area contributed by atoms with E-state index in [-0.39, 0.29) is 12.8 Å². The third-order valence-electron chi connectivity index (χ3n) is 8.21. The molecule has 0 aromatic rings. The van der Waals surface area contributed by atoms with Gasteiger partial charge in [0.1, 0.15) is 12.6 Å². The lowest BCUT2D eigenvalue weighted by molar-refractivity contribution is -0.161. The van der Waals surface area contributed by atoms with Crippen LogP contribution in [0.15, 0.2) is 85.1 Å². The number of rotatable bonds is 37. The van der Waals surface area contributed by atoms with Gasteiger partial charge in [0.15, 0.2) is 6.10 Å². The highest BCUT2D eigenvalue weighted by Crippen LogP contribution is 2.43. The van der Waals surface area contributed by atoms with Crippen LogP contribution in [0.25, 0.3) is 0 Å². The van der Waals surface area contributed by atoms with E-state index in [1.165, 1.54) is 19.3 Å². The zero-order valence-electron chi connectivity index (χ0n) is 34.5. The predicted octanol–water partition coefficient (Wildman–Crippen LogP) is 9.69. The first-order valence-corrected chi connectivity index (χ1v) is 22.2. The second-order valence-corrected chi connectivity index (χ2v) is 15.0. The molecule has 0 fully saturated rings. The Balaban J connectivity index is 4.59. The van der Waals surface area contributed by atoms with Crippen LogP contribution in [0.4, 0.5) is 0 Å². The van der Waals surface area contributed by atoms with Gasteiger partial charge in [-0.25, -0.2) is 4.57 Å². The number of carbonyl (C=O) groups is 3. The van der Waals surface area contributed by atoms with E-state index in [0.29, 0.717) is 32.1 Å². The van der Waals surface area contributed by atoms with Gasteiger partial charge in [0.2, 0.25) is 0 Å². The van der Waals surface area contributed by atoms with Crippen molar-refractivity contribution in [3.05, 3.63) is 85.1 Å². The van der Waals surface area contributed by atoms with E-state index < -0.39 is 63.8 Å². The number of allylic oxidation sites excluding steroid dienone is 12. The number of unbranched alkanes of at least 4 members (excludes halogenated alkanes) is 9. The summed E-state index contributed by atoms with van der Waals surface area (Å²) in [6, 6.07) is -1.54. The number of phosphoric ester groups is 1. The summed E-state index contributed by atoms with van der Waals surface area (Å²) >= 11 is 0. The summed E-state index contributed by atoms with van der Waals surface area (Å²) in [4.78, 5) is 45.9. The lowest BCUT2D eigenvalue weighted by Gasteiger charge is -2.20. The van der Waals surface area contributed by atoms with Crippen LogP contribution in [0.3, 0.4) is 0 Å². The minimum Gasteiger partial charge on any atom is -0.480 e. The zero-order valence-corrected chi connectivity index (χ0v) is 35.4. The molecule has 0 aliphatic carbocycles. The molecule has 0 aliphatic heterocycles. The molecule has 0 radical (unpaired) electrons. The lowest BCUT2D eigenvalue weighted by Crippen LogP contribution is -2.34. The number of carboxylic acids is 1. The minimum absolute atomic E-state index is 0.103. The molecule has 0 saturated carbocycles. The van der Waals surface area contributed by atoms with Crippen LogP contribution in [0, 0.1) is 0 Å². The molecule has 0 rings (SSSR count). The third-order valence-corrected chi connectivity index (χ3v) is 9.16. The Morgan fingerprint density at radius 3 is 1.88 bits per heavy atom. The van der Waals surface area contributed by atoms with Crippen molar-refractivity contribution in [2.75, 3.05) is 19.8 Å². The highest BCUT2D eigenvalue weighted by atomic mass is 31.2. The molecule has 13 heteroatoms. The Morgan fingerprint density at radius 2 is 1.21 bits per heavy atom. The summed E-state index contributed by atoms with van der Waals surface area (Å²) in [5.74, 6) is -2.53. The maximum absolute atomic E-state index is 12.6. The summed E-state index contributed by atoms with van der Waals surface area (Å²) < 4.78 is 32.5. The zero-order chi connectivity index (χ0) is 42.2. The van der Waals surface area contributed by atoms with Crippen molar-refractivity contribution in [2.24, 2.45) is 5.73 Å². The van der Waals surface area contributed by atoms with Crippen molar-refractivity contribution in [1.29, 1.82) is 0 Å². The van der Waals surface area contributed by atoms with Gasteiger partial charge in [-0.15, -0.1) is 0 Å². The van der Waals surface area contributed by atoms with Gasteiger partial charge in [0.25, 0.3) is 0 Å². The monoisotopic (exact) mass is 821 g/mol. The Kier molecular flexibility index (Phi) is 35.9. The Labute approximate surface area is 342 Å². The number of carbonyl (C=O) groups excluding carboxylic acids is 2. The molecule has 0 saturated heterocycles. The average Bonchev–Trinajstić information content (AvgIpc) is 3.18. The summed E-state index contributed by atoms with van der Waals surface area (Å²) in [6.07, 6.45) is 42.6. The van der Waals surface area contributed by atoms with E-state index in [9.17, 15) is 28.9 Å². The number of aliphatic hydroxyl groups excluding tert-OH is 1. The summed E-state index contributed by atoms with van der Waals surface area (Å²) in [5.41, 5.74) is 5.32. The van der Waals surface area contributed by atoms with Crippen LogP contribution in [0.2, 0.25) is 0 Å². The fraction of sp³-hybridized carbons (Fsp3) is 0.614. The molecular weight excluding hydrogens is 749 g/mol. The molecule has 0 spiro atoms. The van der Waals surface area contributed by atoms with Crippen molar-refractivity contribution < 1.29 is 52.6 Å². The topological polar surface area (TPSA) is 192 Å². The number of aliphatic carboxylic acids is 1. The predicted molar refractivity (Wildman–Crippen MR) is 227 cm³/mol. The molecule has 324 valence electrons. The highest BCUT2D eigenvalue weighted by Gasteiger charge is 2.28. The molecule has 0 aromatic heterocycles. The second-order valence-electron chi connectivity index (χ2n) is 13.6. The third kappa shape index (κ3) is 37.9. The first kappa shape index (κ1) is 53.6. The van der Waals surface area contributed by atoms with Crippen LogP contribution in [-0.2, 0) is 37.5 Å². The molecule has 0 aliphatic rings. The van der Waals surface area contributed by atoms with Crippen LogP contribution in [-0.4, -0.2) is 71.1 Å². The molecular formula is C44H72NO11P. The first-order chi connectivity index (χ1) is 27.5. The van der Waals surface area contributed by atoms with E-state index in [1.54, 1.807) is 6.08 Å². The van der Waals surface area contributed by atoms with Gasteiger partial charge in [-0.05, 0) is 77.0 Å². The standard InChI is InChI=1S/C44H72NO11P/c1-3-5-7-9-11-12-13-14-15-16-17-18-23-27-31-35-43(48)56-40(37-54-57(51,52)55-38-41(45)44(49)50)36-53-42(47)34-30-26-22-20-19-21-25-29-33-39(46)32-28-24-10-8-6-4-2/h6,8,11-12,14-15,20-22,24-25,28-29,33,39-41,46H,3-5,7,9-10,13,16-19,23,26-27,30-32,34-38,45H2,1-2H3,(H,49,50)(H,51,52)/b8-6-,12-11-,15-14-,22-20-,25-21-,28-24-,33-29+/t39?,40-,41+/m1/s1. The van der Waals surface area contributed by atoms with Gasteiger partial charge in [0, 0.05) is 12.8 Å². The van der Waals surface area contributed by atoms with Gasteiger partial charge < -0.3 is 30.3 Å². The van der Waals surface area contributed by atoms with Gasteiger partial charge in [-0.3, -0.25) is 23.4 Å². The van der Waals surface area contributed by atoms with Crippen molar-refractivity contribution >= 4 is 25.7 Å². The number of hydrogen-bond acceptors (Lipinski definition) is 10. The Morgan fingerprint density at radius 1 is 0.649 bits per heavy atom. The van der Waals surface area contributed by atoms with Crippen molar-refractivity contribution in [3.63, 3.8) is 0 Å². The molecule has 4 atom stereocenters. The van der Waals surface area contributed by atoms with E-state index in [4.69, 9.17) is 24.8 Å². The molecule has 57 heavy (non-hydrogen) atoms. The van der Waals surface area contributed by atoms with E-state index in [1.807, 2.05) is 42.5 Å². The van der Waals surface area contributed by atoms with E-state index >= 15 is 0 Å². The summed E-state index contributed by atoms with van der Waals surface area (Å²) in [7, 11) is -4.75.